The zero-order valence-corrected chi connectivity index (χ0v) is 9.66. The van der Waals surface area contributed by atoms with Crippen LogP contribution < -0.4 is 5.32 Å². The van der Waals surface area contributed by atoms with Gasteiger partial charge in [0.1, 0.15) is 0 Å². The molecule has 2 N–H and O–H groups in total. The molecule has 1 rings (SSSR count). The third-order valence-corrected chi connectivity index (χ3v) is 2.81. The molecule has 0 fully saturated rings. The molecule has 2 nitrogen and oxygen atoms in total. The van der Waals surface area contributed by atoms with E-state index in [4.69, 9.17) is 5.11 Å². The lowest BCUT2D eigenvalue weighted by molar-refractivity contribution is 0.262. The molecule has 15 heavy (non-hydrogen) atoms. The maximum atomic E-state index is 8.88. The zero-order chi connectivity index (χ0) is 11.1. The Morgan fingerprint density at radius 2 is 2.07 bits per heavy atom. The van der Waals surface area contributed by atoms with Crippen molar-refractivity contribution in [3.63, 3.8) is 0 Å². The number of benzene rings is 1. The van der Waals surface area contributed by atoms with E-state index in [1.54, 1.807) is 0 Å². The molecule has 0 saturated carbocycles. The number of hydrogen-bond acceptors (Lipinski definition) is 2. The molecular formula is C13H21NO. The molecule has 0 heterocycles. The van der Waals surface area contributed by atoms with E-state index >= 15 is 0 Å². The number of hydrogen-bond donors (Lipinski definition) is 2. The molecule has 84 valence electrons. The Morgan fingerprint density at radius 1 is 1.33 bits per heavy atom. The molecule has 0 aliphatic rings. The van der Waals surface area contributed by atoms with E-state index in [0.717, 1.165) is 19.4 Å². The van der Waals surface area contributed by atoms with Gasteiger partial charge in [-0.25, -0.2) is 0 Å². The molecule has 1 aromatic rings. The van der Waals surface area contributed by atoms with Crippen molar-refractivity contribution in [3.8, 4) is 0 Å². The maximum absolute atomic E-state index is 8.88. The monoisotopic (exact) mass is 207 g/mol. The number of rotatable bonds is 6. The maximum Gasteiger partial charge on any atom is 0.0445 e. The van der Waals surface area contributed by atoms with Crippen molar-refractivity contribution in [1.82, 2.24) is 5.32 Å². The van der Waals surface area contributed by atoms with Gasteiger partial charge in [0, 0.05) is 19.2 Å². The second-order valence-corrected chi connectivity index (χ2v) is 3.92. The van der Waals surface area contributed by atoms with Crippen LogP contribution in [0.5, 0.6) is 0 Å². The molecule has 0 amide bonds. The van der Waals surface area contributed by atoms with Crippen LogP contribution in [0.15, 0.2) is 24.3 Å². The van der Waals surface area contributed by atoms with E-state index in [1.165, 1.54) is 11.1 Å². The van der Waals surface area contributed by atoms with Gasteiger partial charge in [0.25, 0.3) is 0 Å². The Balaban J connectivity index is 2.45. The van der Waals surface area contributed by atoms with Crippen LogP contribution in [0.2, 0.25) is 0 Å². The van der Waals surface area contributed by atoms with E-state index in [9.17, 15) is 0 Å². The second kappa shape index (κ2) is 6.59. The van der Waals surface area contributed by atoms with Gasteiger partial charge in [-0.05, 0) is 30.9 Å². The lowest BCUT2D eigenvalue weighted by Gasteiger charge is -2.16. The van der Waals surface area contributed by atoms with Crippen molar-refractivity contribution in [3.05, 3.63) is 35.4 Å². The minimum atomic E-state index is 0.263. The van der Waals surface area contributed by atoms with Gasteiger partial charge in [-0.1, -0.05) is 31.2 Å². The Morgan fingerprint density at radius 3 is 2.67 bits per heavy atom. The van der Waals surface area contributed by atoms with Crippen molar-refractivity contribution in [2.24, 2.45) is 0 Å². The number of nitrogens with one attached hydrogen (secondary N) is 1. The van der Waals surface area contributed by atoms with Crippen LogP contribution in [0.25, 0.3) is 0 Å². The molecule has 0 aliphatic carbocycles. The van der Waals surface area contributed by atoms with Crippen molar-refractivity contribution in [2.75, 3.05) is 6.61 Å². The fraction of sp³-hybridized carbons (Fsp3) is 0.538. The van der Waals surface area contributed by atoms with Crippen LogP contribution in [-0.2, 0) is 6.54 Å². The van der Waals surface area contributed by atoms with Crippen LogP contribution in [0.4, 0.5) is 0 Å². The Kier molecular flexibility index (Phi) is 5.37. The summed E-state index contributed by atoms with van der Waals surface area (Å²) >= 11 is 0. The summed E-state index contributed by atoms with van der Waals surface area (Å²) in [6, 6.07) is 8.83. The van der Waals surface area contributed by atoms with Crippen molar-refractivity contribution in [1.29, 1.82) is 0 Å². The summed E-state index contributed by atoms with van der Waals surface area (Å²) in [5.74, 6) is 0. The quantitative estimate of drug-likeness (QED) is 0.750. The molecule has 1 unspecified atom stereocenters. The first-order valence-electron chi connectivity index (χ1n) is 5.66. The molecule has 0 aliphatic heterocycles. The first-order valence-corrected chi connectivity index (χ1v) is 5.66. The largest absolute Gasteiger partial charge is 0.396 e. The Bertz CT molecular complexity index is 286. The molecule has 1 atom stereocenters. The molecule has 0 radical (unpaired) electrons. The molecule has 1 aromatic carbocycles. The molecule has 0 bridgehead atoms. The predicted octanol–water partition coefficient (Wildman–Crippen LogP) is 2.25. The fourth-order valence-corrected chi connectivity index (χ4v) is 1.67. The summed E-state index contributed by atoms with van der Waals surface area (Å²) in [6.07, 6.45) is 1.90. The molecular weight excluding hydrogens is 186 g/mol. The molecule has 2 heteroatoms. The van der Waals surface area contributed by atoms with Crippen molar-refractivity contribution < 1.29 is 5.11 Å². The van der Waals surface area contributed by atoms with E-state index in [0.29, 0.717) is 6.04 Å². The summed E-state index contributed by atoms with van der Waals surface area (Å²) in [5, 5.41) is 12.3. The highest BCUT2D eigenvalue weighted by Crippen LogP contribution is 2.07. The molecule has 0 aromatic heterocycles. The van der Waals surface area contributed by atoms with E-state index in [1.807, 2.05) is 0 Å². The third kappa shape index (κ3) is 4.02. The van der Waals surface area contributed by atoms with Crippen LogP contribution >= 0.6 is 0 Å². The van der Waals surface area contributed by atoms with Crippen LogP contribution in [0.1, 0.15) is 30.9 Å². The zero-order valence-electron chi connectivity index (χ0n) is 9.66. The summed E-state index contributed by atoms with van der Waals surface area (Å²) < 4.78 is 0. The topological polar surface area (TPSA) is 32.3 Å². The highest BCUT2D eigenvalue weighted by Gasteiger charge is 2.05. The van der Waals surface area contributed by atoms with Crippen LogP contribution in [0, 0.1) is 6.92 Å². The summed E-state index contributed by atoms with van der Waals surface area (Å²) in [4.78, 5) is 0. The SMILES string of the molecule is CCC(CCO)NCc1ccccc1C. The first-order chi connectivity index (χ1) is 7.27. The highest BCUT2D eigenvalue weighted by atomic mass is 16.3. The second-order valence-electron chi connectivity index (χ2n) is 3.92. The van der Waals surface area contributed by atoms with Gasteiger partial charge in [0.05, 0.1) is 0 Å². The minimum Gasteiger partial charge on any atom is -0.396 e. The lowest BCUT2D eigenvalue weighted by Crippen LogP contribution is -2.29. The fourth-order valence-electron chi connectivity index (χ4n) is 1.67. The third-order valence-electron chi connectivity index (χ3n) is 2.81. The molecule has 0 spiro atoms. The van der Waals surface area contributed by atoms with Crippen molar-refractivity contribution in [2.45, 2.75) is 39.3 Å². The van der Waals surface area contributed by atoms with Gasteiger partial charge < -0.3 is 10.4 Å². The van der Waals surface area contributed by atoms with E-state index in [-0.39, 0.29) is 6.61 Å². The summed E-state index contributed by atoms with van der Waals surface area (Å²) in [6.45, 7) is 5.43. The first kappa shape index (κ1) is 12.2. The predicted molar refractivity (Wildman–Crippen MR) is 63.8 cm³/mol. The minimum absolute atomic E-state index is 0.263. The van der Waals surface area contributed by atoms with Crippen LogP contribution in [0.3, 0.4) is 0 Å². The van der Waals surface area contributed by atoms with Gasteiger partial charge >= 0.3 is 0 Å². The van der Waals surface area contributed by atoms with Crippen LogP contribution in [-0.4, -0.2) is 17.8 Å². The molecule has 0 saturated heterocycles. The van der Waals surface area contributed by atoms with Gasteiger partial charge in [0.2, 0.25) is 0 Å². The van der Waals surface area contributed by atoms with E-state index < -0.39 is 0 Å². The normalized spacial score (nSPS) is 12.7. The average molecular weight is 207 g/mol. The number of aliphatic hydroxyl groups is 1. The summed E-state index contributed by atoms with van der Waals surface area (Å²) in [5.41, 5.74) is 2.66. The highest BCUT2D eigenvalue weighted by molar-refractivity contribution is 5.25. The smallest absolute Gasteiger partial charge is 0.0445 e. The Labute approximate surface area is 92.3 Å². The Hall–Kier alpha value is -0.860. The van der Waals surface area contributed by atoms with Gasteiger partial charge in [-0.3, -0.25) is 0 Å². The number of aryl methyl sites for hydroxylation is 1. The van der Waals surface area contributed by atoms with E-state index in [2.05, 4.69) is 43.4 Å². The van der Waals surface area contributed by atoms with Crippen molar-refractivity contribution >= 4 is 0 Å². The summed E-state index contributed by atoms with van der Waals surface area (Å²) in [7, 11) is 0. The number of aliphatic hydroxyl groups excluding tert-OH is 1. The van der Waals surface area contributed by atoms with Gasteiger partial charge in [-0.2, -0.15) is 0 Å². The standard InChI is InChI=1S/C13H21NO/c1-3-13(8-9-15)14-10-12-7-5-4-6-11(12)2/h4-7,13-15H,3,8-10H2,1-2H3. The van der Waals surface area contributed by atoms with Gasteiger partial charge in [0.15, 0.2) is 0 Å². The average Bonchev–Trinajstić information content (AvgIpc) is 2.26. The van der Waals surface area contributed by atoms with Gasteiger partial charge in [-0.15, -0.1) is 0 Å². The lowest BCUT2D eigenvalue weighted by atomic mass is 10.1.